The SMILES string of the molecule is CC(C)CCCNS(=O)(=O)c1ccc(=O)[nH]c1. The van der Waals surface area contributed by atoms with Gasteiger partial charge < -0.3 is 4.98 Å². The second kappa shape index (κ2) is 5.97. The van der Waals surface area contributed by atoms with E-state index in [1.807, 2.05) is 0 Å². The molecule has 1 aromatic heterocycles. The predicted octanol–water partition coefficient (Wildman–Crippen LogP) is 1.09. The van der Waals surface area contributed by atoms with Crippen molar-refractivity contribution in [2.24, 2.45) is 5.92 Å². The Bertz CT molecular complexity index is 485. The summed E-state index contributed by atoms with van der Waals surface area (Å²) in [6, 6.07) is 2.49. The van der Waals surface area contributed by atoms with Crippen LogP contribution in [0.1, 0.15) is 26.7 Å². The molecular formula is C11H18N2O3S. The van der Waals surface area contributed by atoms with Gasteiger partial charge in [0.15, 0.2) is 0 Å². The largest absolute Gasteiger partial charge is 0.328 e. The van der Waals surface area contributed by atoms with E-state index in [2.05, 4.69) is 23.6 Å². The Hall–Kier alpha value is -1.14. The van der Waals surface area contributed by atoms with Gasteiger partial charge in [0, 0.05) is 18.8 Å². The molecule has 0 saturated carbocycles. The molecule has 0 saturated heterocycles. The summed E-state index contributed by atoms with van der Waals surface area (Å²) in [4.78, 5) is 13.2. The van der Waals surface area contributed by atoms with Crippen molar-refractivity contribution >= 4 is 10.0 Å². The Labute approximate surface area is 101 Å². The summed E-state index contributed by atoms with van der Waals surface area (Å²) in [6.45, 7) is 4.60. The van der Waals surface area contributed by atoms with Gasteiger partial charge in [-0.25, -0.2) is 13.1 Å². The van der Waals surface area contributed by atoms with E-state index in [-0.39, 0.29) is 10.5 Å². The van der Waals surface area contributed by atoms with Crippen LogP contribution in [0.3, 0.4) is 0 Å². The monoisotopic (exact) mass is 258 g/mol. The summed E-state index contributed by atoms with van der Waals surface area (Å²) in [5.74, 6) is 0.563. The highest BCUT2D eigenvalue weighted by Gasteiger charge is 2.12. The highest BCUT2D eigenvalue weighted by atomic mass is 32.2. The van der Waals surface area contributed by atoms with Crippen molar-refractivity contribution < 1.29 is 8.42 Å². The van der Waals surface area contributed by atoms with Crippen LogP contribution in [0, 0.1) is 5.92 Å². The molecule has 5 nitrogen and oxygen atoms in total. The van der Waals surface area contributed by atoms with E-state index in [1.165, 1.54) is 18.3 Å². The van der Waals surface area contributed by atoms with Crippen LogP contribution in [0.4, 0.5) is 0 Å². The number of rotatable bonds is 6. The summed E-state index contributed by atoms with van der Waals surface area (Å²) in [7, 11) is -3.50. The Balaban J connectivity index is 2.57. The van der Waals surface area contributed by atoms with E-state index in [4.69, 9.17) is 0 Å². The van der Waals surface area contributed by atoms with Crippen molar-refractivity contribution in [1.82, 2.24) is 9.71 Å². The lowest BCUT2D eigenvalue weighted by atomic mass is 10.1. The van der Waals surface area contributed by atoms with Crippen LogP contribution in [0.5, 0.6) is 0 Å². The van der Waals surface area contributed by atoms with Crippen molar-refractivity contribution in [3.63, 3.8) is 0 Å². The number of nitrogens with one attached hydrogen (secondary N) is 2. The molecule has 0 aliphatic rings. The van der Waals surface area contributed by atoms with Gasteiger partial charge >= 0.3 is 0 Å². The first kappa shape index (κ1) is 13.9. The van der Waals surface area contributed by atoms with Gasteiger partial charge in [-0.3, -0.25) is 4.79 Å². The summed E-state index contributed by atoms with van der Waals surface area (Å²) in [5.41, 5.74) is -0.316. The lowest BCUT2D eigenvalue weighted by Gasteiger charge is -2.07. The zero-order valence-corrected chi connectivity index (χ0v) is 10.9. The van der Waals surface area contributed by atoms with Crippen molar-refractivity contribution in [3.05, 3.63) is 28.7 Å². The Morgan fingerprint density at radius 2 is 2.06 bits per heavy atom. The molecule has 1 aromatic rings. The smallest absolute Gasteiger partial charge is 0.247 e. The molecule has 96 valence electrons. The van der Waals surface area contributed by atoms with Crippen LogP contribution in [0.15, 0.2) is 28.0 Å². The molecular weight excluding hydrogens is 240 g/mol. The summed E-state index contributed by atoms with van der Waals surface area (Å²) < 4.78 is 26.0. The summed E-state index contributed by atoms with van der Waals surface area (Å²) in [5, 5.41) is 0. The highest BCUT2D eigenvalue weighted by molar-refractivity contribution is 7.89. The van der Waals surface area contributed by atoms with Gasteiger partial charge in [-0.05, 0) is 24.8 Å². The van der Waals surface area contributed by atoms with E-state index < -0.39 is 10.0 Å². The standard InChI is InChI=1S/C11H18N2O3S/c1-9(2)4-3-7-13-17(15,16)10-5-6-11(14)12-8-10/h5-6,8-9,13H,3-4,7H2,1-2H3,(H,12,14). The topological polar surface area (TPSA) is 79.0 Å². The van der Waals surface area contributed by atoms with Gasteiger partial charge in [-0.1, -0.05) is 13.8 Å². The number of aromatic nitrogens is 1. The summed E-state index contributed by atoms with van der Waals surface area (Å²) in [6.07, 6.45) is 2.99. The average molecular weight is 258 g/mol. The highest BCUT2D eigenvalue weighted by Crippen LogP contribution is 2.06. The molecule has 0 aliphatic heterocycles. The van der Waals surface area contributed by atoms with Crippen LogP contribution in [-0.2, 0) is 10.0 Å². The predicted molar refractivity (Wildman–Crippen MR) is 66.3 cm³/mol. The maximum absolute atomic E-state index is 11.8. The molecule has 0 radical (unpaired) electrons. The van der Waals surface area contributed by atoms with Crippen molar-refractivity contribution in [1.29, 1.82) is 0 Å². The van der Waals surface area contributed by atoms with Crippen LogP contribution in [0.2, 0.25) is 0 Å². The average Bonchev–Trinajstić information content (AvgIpc) is 2.25. The van der Waals surface area contributed by atoms with Crippen molar-refractivity contribution in [3.8, 4) is 0 Å². The lowest BCUT2D eigenvalue weighted by molar-refractivity contribution is 0.539. The number of H-pyrrole nitrogens is 1. The van der Waals surface area contributed by atoms with E-state index in [9.17, 15) is 13.2 Å². The minimum Gasteiger partial charge on any atom is -0.328 e. The quantitative estimate of drug-likeness (QED) is 0.750. The molecule has 1 heterocycles. The maximum atomic E-state index is 11.8. The molecule has 1 rings (SSSR count). The number of pyridine rings is 1. The molecule has 0 fully saturated rings. The van der Waals surface area contributed by atoms with Gasteiger partial charge in [0.2, 0.25) is 15.6 Å². The third-order valence-electron chi connectivity index (χ3n) is 2.32. The van der Waals surface area contributed by atoms with E-state index in [0.717, 1.165) is 12.8 Å². The molecule has 0 atom stereocenters. The third-order valence-corrected chi connectivity index (χ3v) is 3.77. The van der Waals surface area contributed by atoms with Gasteiger partial charge in [-0.15, -0.1) is 0 Å². The van der Waals surface area contributed by atoms with Gasteiger partial charge in [0.05, 0.1) is 4.90 Å². The Morgan fingerprint density at radius 3 is 2.59 bits per heavy atom. The lowest BCUT2D eigenvalue weighted by Crippen LogP contribution is -2.25. The summed E-state index contributed by atoms with van der Waals surface area (Å²) >= 11 is 0. The minimum atomic E-state index is -3.50. The van der Waals surface area contributed by atoms with E-state index >= 15 is 0 Å². The fraction of sp³-hybridized carbons (Fsp3) is 0.545. The fourth-order valence-corrected chi connectivity index (χ4v) is 2.40. The zero-order chi connectivity index (χ0) is 12.9. The zero-order valence-electron chi connectivity index (χ0n) is 10.1. The van der Waals surface area contributed by atoms with E-state index in [1.54, 1.807) is 0 Å². The third kappa shape index (κ3) is 4.70. The van der Waals surface area contributed by atoms with Gasteiger partial charge in [-0.2, -0.15) is 0 Å². The molecule has 0 unspecified atom stereocenters. The first-order chi connectivity index (χ1) is 7.92. The molecule has 0 spiro atoms. The molecule has 0 aliphatic carbocycles. The molecule has 0 aromatic carbocycles. The number of hydrogen-bond donors (Lipinski definition) is 2. The number of aromatic amines is 1. The fourth-order valence-electron chi connectivity index (χ4n) is 1.36. The van der Waals surface area contributed by atoms with E-state index in [0.29, 0.717) is 12.5 Å². The molecule has 6 heteroatoms. The van der Waals surface area contributed by atoms with Crippen molar-refractivity contribution in [2.45, 2.75) is 31.6 Å². The molecule has 2 N–H and O–H groups in total. The van der Waals surface area contributed by atoms with Crippen molar-refractivity contribution in [2.75, 3.05) is 6.54 Å². The van der Waals surface area contributed by atoms with Crippen LogP contribution in [0.25, 0.3) is 0 Å². The first-order valence-corrected chi connectivity index (χ1v) is 7.08. The minimum absolute atomic E-state index is 0.0849. The van der Waals surface area contributed by atoms with Gasteiger partial charge in [0.1, 0.15) is 0 Å². The molecule has 17 heavy (non-hydrogen) atoms. The normalized spacial score (nSPS) is 11.9. The Morgan fingerprint density at radius 1 is 1.35 bits per heavy atom. The van der Waals surface area contributed by atoms with Gasteiger partial charge in [0.25, 0.3) is 0 Å². The first-order valence-electron chi connectivity index (χ1n) is 5.60. The molecule has 0 bridgehead atoms. The number of hydrogen-bond acceptors (Lipinski definition) is 3. The Kier molecular flexibility index (Phi) is 4.89. The van der Waals surface area contributed by atoms with Crippen LogP contribution < -0.4 is 10.3 Å². The molecule has 0 amide bonds. The van der Waals surface area contributed by atoms with Crippen LogP contribution in [-0.4, -0.2) is 19.9 Å². The number of sulfonamides is 1. The maximum Gasteiger partial charge on any atom is 0.247 e. The second-order valence-corrected chi connectivity index (χ2v) is 6.09. The second-order valence-electron chi connectivity index (χ2n) is 4.32. The van der Waals surface area contributed by atoms with Crippen LogP contribution >= 0.6 is 0 Å².